The first-order chi connectivity index (χ1) is 19.0. The largest absolute Gasteiger partial charge is 0.507 e. The number of aliphatic hydroxyl groups excluding tert-OH is 2. The second-order valence-corrected chi connectivity index (χ2v) is 12.3. The molecule has 3 aliphatic carbocycles. The molecule has 9 heteroatoms. The lowest BCUT2D eigenvalue weighted by Gasteiger charge is -2.61. The van der Waals surface area contributed by atoms with Gasteiger partial charge in [0.15, 0.2) is 11.4 Å². The van der Waals surface area contributed by atoms with Gasteiger partial charge in [0, 0.05) is 10.8 Å². The van der Waals surface area contributed by atoms with Gasteiger partial charge in [-0.25, -0.2) is 0 Å². The van der Waals surface area contributed by atoms with Crippen molar-refractivity contribution in [3.63, 3.8) is 0 Å². The van der Waals surface area contributed by atoms with Crippen molar-refractivity contribution < 1.29 is 44.3 Å². The van der Waals surface area contributed by atoms with E-state index >= 15 is 0 Å². The molecule has 0 amide bonds. The van der Waals surface area contributed by atoms with E-state index in [4.69, 9.17) is 4.74 Å². The third-order valence-corrected chi connectivity index (χ3v) is 9.92. The highest BCUT2D eigenvalue weighted by Crippen LogP contribution is 2.65. The Labute approximate surface area is 239 Å². The highest BCUT2D eigenvalue weighted by molar-refractivity contribution is 6.33. The van der Waals surface area contributed by atoms with Crippen LogP contribution in [0.3, 0.4) is 0 Å². The van der Waals surface area contributed by atoms with Crippen LogP contribution in [0, 0.1) is 16.7 Å². The molecule has 6 unspecified atom stereocenters. The van der Waals surface area contributed by atoms with E-state index in [2.05, 4.69) is 0 Å². The summed E-state index contributed by atoms with van der Waals surface area (Å²) in [6, 6.07) is 3.37. The van der Waals surface area contributed by atoms with Crippen molar-refractivity contribution >= 4 is 29.1 Å². The molecule has 4 rings (SSSR count). The molecule has 0 saturated heterocycles. The Morgan fingerprint density at radius 3 is 2.32 bits per heavy atom. The SMILES string of the molecule is CCCC(Cc1ccc2c(c1O)C(O)=C1C(=O)C3(O)C(=O)C(C(C)=O)=C(C)CC3(C)C(O)C1(C)C2C)C(=O)OCC. The molecular weight excluding hydrogens is 528 g/mol. The number of rotatable bonds is 7. The van der Waals surface area contributed by atoms with Gasteiger partial charge in [0.1, 0.15) is 11.5 Å². The topological polar surface area (TPSA) is 158 Å². The Hall–Kier alpha value is -3.30. The number of ketones is 3. The summed E-state index contributed by atoms with van der Waals surface area (Å²) >= 11 is 0. The molecule has 6 atom stereocenters. The van der Waals surface area contributed by atoms with E-state index in [1.54, 1.807) is 39.8 Å². The van der Waals surface area contributed by atoms with Crippen LogP contribution in [0.1, 0.15) is 90.3 Å². The van der Waals surface area contributed by atoms with E-state index in [1.807, 2.05) is 6.92 Å². The number of Topliss-reactive ketones (excluding diaryl/α,β-unsaturated/α-hetero) is 3. The molecule has 0 heterocycles. The van der Waals surface area contributed by atoms with Gasteiger partial charge in [0.25, 0.3) is 0 Å². The minimum atomic E-state index is -2.81. The summed E-state index contributed by atoms with van der Waals surface area (Å²) in [5.74, 6) is -5.36. The van der Waals surface area contributed by atoms with Crippen LogP contribution in [-0.2, 0) is 30.3 Å². The van der Waals surface area contributed by atoms with Crippen molar-refractivity contribution in [3.8, 4) is 5.75 Å². The summed E-state index contributed by atoms with van der Waals surface area (Å²) in [5, 5.41) is 47.0. The standard InChI is InChI=1S/C32H40O9/c1-8-10-19(28(38)41-9-2)13-18-11-12-20-16(4)31(7)23(25(35)22(20)24(18)34)27(37)32(40)26(36)21(17(5)33)15(3)14-30(32,6)29(31)39/h11-12,16,19,29,34-35,39-40H,8-10,13-14H2,1-7H3. The number of carbonyl (C=O) groups excluding carboxylic acids is 4. The number of phenols is 1. The number of esters is 1. The Kier molecular flexibility index (Phi) is 7.63. The van der Waals surface area contributed by atoms with Gasteiger partial charge in [-0.1, -0.05) is 51.8 Å². The summed E-state index contributed by atoms with van der Waals surface area (Å²) in [6.45, 7) is 11.4. The monoisotopic (exact) mass is 568 g/mol. The minimum absolute atomic E-state index is 0.0453. The molecule has 4 N–H and O–H groups in total. The maximum absolute atomic E-state index is 14.3. The zero-order chi connectivity index (χ0) is 30.8. The number of carbonyl (C=O) groups is 4. The van der Waals surface area contributed by atoms with E-state index < -0.39 is 63.4 Å². The number of phenolic OH excluding ortho intramolecular Hbond substituents is 1. The molecule has 1 saturated carbocycles. The first-order valence-electron chi connectivity index (χ1n) is 14.2. The summed E-state index contributed by atoms with van der Waals surface area (Å²) in [7, 11) is 0. The average molecular weight is 569 g/mol. The van der Waals surface area contributed by atoms with Crippen LogP contribution in [0.5, 0.6) is 5.75 Å². The van der Waals surface area contributed by atoms with Gasteiger partial charge in [-0.3, -0.25) is 19.2 Å². The number of benzene rings is 1. The summed E-state index contributed by atoms with van der Waals surface area (Å²) in [4.78, 5) is 52.9. The van der Waals surface area contributed by atoms with Crippen LogP contribution in [-0.4, -0.2) is 62.1 Å². The summed E-state index contributed by atoms with van der Waals surface area (Å²) in [6.07, 6.45) is -0.237. The van der Waals surface area contributed by atoms with Crippen molar-refractivity contribution in [3.05, 3.63) is 45.5 Å². The van der Waals surface area contributed by atoms with Crippen molar-refractivity contribution in [2.24, 2.45) is 16.7 Å². The van der Waals surface area contributed by atoms with Crippen molar-refractivity contribution in [2.75, 3.05) is 6.61 Å². The molecule has 1 fully saturated rings. The Morgan fingerprint density at radius 2 is 1.76 bits per heavy atom. The molecule has 0 bridgehead atoms. The van der Waals surface area contributed by atoms with E-state index in [1.165, 1.54) is 13.8 Å². The third kappa shape index (κ3) is 3.96. The maximum atomic E-state index is 14.3. The Balaban J connectivity index is 1.94. The quantitative estimate of drug-likeness (QED) is 0.218. The van der Waals surface area contributed by atoms with Crippen LogP contribution in [0.25, 0.3) is 5.76 Å². The molecule has 41 heavy (non-hydrogen) atoms. The molecule has 0 radical (unpaired) electrons. The van der Waals surface area contributed by atoms with Crippen molar-refractivity contribution in [2.45, 2.75) is 91.8 Å². The number of hydrogen-bond acceptors (Lipinski definition) is 9. The number of fused-ring (bicyclic) bond motifs is 3. The third-order valence-electron chi connectivity index (χ3n) is 9.92. The van der Waals surface area contributed by atoms with E-state index in [9.17, 15) is 39.6 Å². The molecule has 0 aromatic heterocycles. The minimum Gasteiger partial charge on any atom is -0.507 e. The fourth-order valence-corrected chi connectivity index (χ4v) is 7.61. The number of aromatic hydroxyl groups is 1. The van der Waals surface area contributed by atoms with Gasteiger partial charge >= 0.3 is 5.97 Å². The molecule has 1 aromatic carbocycles. The van der Waals surface area contributed by atoms with Crippen LogP contribution in [0.2, 0.25) is 0 Å². The predicted molar refractivity (Wildman–Crippen MR) is 150 cm³/mol. The maximum Gasteiger partial charge on any atom is 0.309 e. The highest BCUT2D eigenvalue weighted by atomic mass is 16.5. The summed E-state index contributed by atoms with van der Waals surface area (Å²) < 4.78 is 5.20. The first kappa shape index (κ1) is 30.7. The van der Waals surface area contributed by atoms with E-state index in [0.29, 0.717) is 29.5 Å². The fourth-order valence-electron chi connectivity index (χ4n) is 7.61. The highest BCUT2D eigenvalue weighted by Gasteiger charge is 2.74. The van der Waals surface area contributed by atoms with Gasteiger partial charge < -0.3 is 25.2 Å². The molecule has 0 spiro atoms. The Morgan fingerprint density at radius 1 is 1.12 bits per heavy atom. The van der Waals surface area contributed by atoms with E-state index in [-0.39, 0.29) is 41.9 Å². The van der Waals surface area contributed by atoms with Crippen LogP contribution >= 0.6 is 0 Å². The lowest BCUT2D eigenvalue weighted by atomic mass is 9.43. The van der Waals surface area contributed by atoms with Crippen molar-refractivity contribution in [1.82, 2.24) is 0 Å². The van der Waals surface area contributed by atoms with Crippen LogP contribution in [0.15, 0.2) is 28.9 Å². The first-order valence-corrected chi connectivity index (χ1v) is 14.2. The number of aliphatic hydroxyl groups is 3. The Bertz CT molecular complexity index is 1420. The number of hydrogen-bond donors (Lipinski definition) is 4. The van der Waals surface area contributed by atoms with Gasteiger partial charge in [-0.05, 0) is 57.1 Å². The normalized spacial score (nSPS) is 31.8. The van der Waals surface area contributed by atoms with Crippen molar-refractivity contribution in [1.29, 1.82) is 0 Å². The van der Waals surface area contributed by atoms with Crippen LogP contribution in [0.4, 0.5) is 0 Å². The lowest BCUT2D eigenvalue weighted by Crippen LogP contribution is -2.73. The van der Waals surface area contributed by atoms with Gasteiger partial charge in [0.05, 0.1) is 35.3 Å². The van der Waals surface area contributed by atoms with Gasteiger partial charge in [-0.15, -0.1) is 0 Å². The zero-order valence-corrected chi connectivity index (χ0v) is 24.8. The molecule has 0 aliphatic heterocycles. The smallest absolute Gasteiger partial charge is 0.309 e. The van der Waals surface area contributed by atoms with Gasteiger partial charge in [0.2, 0.25) is 11.6 Å². The number of ether oxygens (including phenoxy) is 1. The van der Waals surface area contributed by atoms with Gasteiger partial charge in [-0.2, -0.15) is 0 Å². The molecule has 1 aromatic rings. The second kappa shape index (κ2) is 10.2. The number of allylic oxidation sites excluding steroid dienone is 1. The van der Waals surface area contributed by atoms with Crippen LogP contribution < -0.4 is 0 Å². The molecule has 9 nitrogen and oxygen atoms in total. The van der Waals surface area contributed by atoms with E-state index in [0.717, 1.165) is 0 Å². The molecular formula is C32H40O9. The lowest BCUT2D eigenvalue weighted by molar-refractivity contribution is -0.197. The fraction of sp³-hybridized carbons (Fsp3) is 0.562. The molecule has 222 valence electrons. The average Bonchev–Trinajstić information content (AvgIpc) is 2.89. The second-order valence-electron chi connectivity index (χ2n) is 12.3. The predicted octanol–water partition coefficient (Wildman–Crippen LogP) is 3.87. The molecule has 3 aliphatic rings. The summed E-state index contributed by atoms with van der Waals surface area (Å²) in [5.41, 5.74) is -5.46. The zero-order valence-electron chi connectivity index (χ0n) is 24.8.